The lowest BCUT2D eigenvalue weighted by Gasteiger charge is -2.11. The van der Waals surface area contributed by atoms with Gasteiger partial charge in [-0.05, 0) is 41.5 Å². The van der Waals surface area contributed by atoms with Crippen LogP contribution < -0.4 is 0 Å². The van der Waals surface area contributed by atoms with E-state index in [1.165, 1.54) is 0 Å². The van der Waals surface area contributed by atoms with Gasteiger partial charge >= 0.3 is 0 Å². The number of halogens is 4. The summed E-state index contributed by atoms with van der Waals surface area (Å²) in [5.41, 5.74) is 1.90. The van der Waals surface area contributed by atoms with Gasteiger partial charge in [0.1, 0.15) is 0 Å². The summed E-state index contributed by atoms with van der Waals surface area (Å²) in [4.78, 5) is 0. The second-order valence-corrected chi connectivity index (χ2v) is 5.84. The van der Waals surface area contributed by atoms with E-state index < -0.39 is 0 Å². The van der Waals surface area contributed by atoms with Gasteiger partial charge in [-0.15, -0.1) is 11.6 Å². The predicted octanol–water partition coefficient (Wildman–Crippen LogP) is 6.08. The minimum atomic E-state index is -0.251. The van der Waals surface area contributed by atoms with Crippen molar-refractivity contribution in [2.45, 2.75) is 5.38 Å². The van der Waals surface area contributed by atoms with E-state index in [0.717, 1.165) is 15.6 Å². The van der Waals surface area contributed by atoms with Crippen LogP contribution in [0.5, 0.6) is 0 Å². The van der Waals surface area contributed by atoms with E-state index >= 15 is 0 Å². The summed E-state index contributed by atoms with van der Waals surface area (Å²) in [5, 5.41) is 0.935. The van der Waals surface area contributed by atoms with Gasteiger partial charge in [0.2, 0.25) is 0 Å². The molecule has 0 bridgehead atoms. The van der Waals surface area contributed by atoms with E-state index in [4.69, 9.17) is 34.8 Å². The molecular formula is C13H8BrCl3. The molecular weight excluding hydrogens is 342 g/mol. The van der Waals surface area contributed by atoms with Crippen molar-refractivity contribution in [1.82, 2.24) is 0 Å². The van der Waals surface area contributed by atoms with E-state index in [-0.39, 0.29) is 5.38 Å². The van der Waals surface area contributed by atoms with Crippen molar-refractivity contribution in [3.05, 3.63) is 68.1 Å². The molecule has 4 heteroatoms. The SMILES string of the molecule is Clc1cc(Cl)cc(C(Cl)c2ccc(Br)cc2)c1. The highest BCUT2D eigenvalue weighted by Crippen LogP contribution is 2.32. The summed E-state index contributed by atoms with van der Waals surface area (Å²) in [6.45, 7) is 0. The van der Waals surface area contributed by atoms with Crippen LogP contribution in [0.3, 0.4) is 0 Å². The van der Waals surface area contributed by atoms with Crippen molar-refractivity contribution in [2.75, 3.05) is 0 Å². The lowest BCUT2D eigenvalue weighted by atomic mass is 10.0. The average molecular weight is 350 g/mol. The molecule has 88 valence electrons. The summed E-state index contributed by atoms with van der Waals surface area (Å²) in [6.07, 6.45) is 0. The molecule has 0 N–H and O–H groups in total. The van der Waals surface area contributed by atoms with Crippen molar-refractivity contribution in [1.29, 1.82) is 0 Å². The molecule has 0 saturated heterocycles. The first-order valence-electron chi connectivity index (χ1n) is 4.92. The van der Waals surface area contributed by atoms with Crippen LogP contribution in [-0.4, -0.2) is 0 Å². The van der Waals surface area contributed by atoms with Gasteiger partial charge in [-0.25, -0.2) is 0 Å². The van der Waals surface area contributed by atoms with Crippen LogP contribution in [0.4, 0.5) is 0 Å². The largest absolute Gasteiger partial charge is 0.113 e. The van der Waals surface area contributed by atoms with E-state index in [1.807, 2.05) is 36.4 Å². The molecule has 1 unspecified atom stereocenters. The van der Waals surface area contributed by atoms with Gasteiger partial charge < -0.3 is 0 Å². The molecule has 0 aliphatic carbocycles. The first kappa shape index (κ1) is 13.2. The normalized spacial score (nSPS) is 12.5. The highest BCUT2D eigenvalue weighted by atomic mass is 79.9. The topological polar surface area (TPSA) is 0 Å². The van der Waals surface area contributed by atoms with Crippen molar-refractivity contribution < 1.29 is 0 Å². The summed E-state index contributed by atoms with van der Waals surface area (Å²) >= 11 is 21.7. The molecule has 2 rings (SSSR count). The fourth-order valence-corrected chi connectivity index (χ4v) is 2.62. The Bertz CT molecular complexity index is 502. The van der Waals surface area contributed by atoms with Crippen molar-refractivity contribution >= 4 is 50.7 Å². The Morgan fingerprint density at radius 2 is 1.35 bits per heavy atom. The quantitative estimate of drug-likeness (QED) is 0.575. The zero-order chi connectivity index (χ0) is 12.4. The Labute approximate surface area is 124 Å². The minimum Gasteiger partial charge on any atom is -0.113 e. The van der Waals surface area contributed by atoms with Crippen LogP contribution in [0, 0.1) is 0 Å². The second kappa shape index (κ2) is 5.62. The molecule has 0 radical (unpaired) electrons. The number of hydrogen-bond donors (Lipinski definition) is 0. The maximum atomic E-state index is 6.40. The molecule has 0 heterocycles. The molecule has 0 saturated carbocycles. The molecule has 0 aromatic heterocycles. The third-order valence-electron chi connectivity index (χ3n) is 2.34. The van der Waals surface area contributed by atoms with Crippen LogP contribution >= 0.6 is 50.7 Å². The molecule has 17 heavy (non-hydrogen) atoms. The van der Waals surface area contributed by atoms with Gasteiger partial charge in [0.25, 0.3) is 0 Å². The number of benzene rings is 2. The predicted molar refractivity (Wildman–Crippen MR) is 78.3 cm³/mol. The lowest BCUT2D eigenvalue weighted by molar-refractivity contribution is 1.14. The Kier molecular flexibility index (Phi) is 4.37. The van der Waals surface area contributed by atoms with E-state index in [9.17, 15) is 0 Å². The maximum absolute atomic E-state index is 6.40. The first-order valence-corrected chi connectivity index (χ1v) is 6.90. The van der Waals surface area contributed by atoms with Gasteiger partial charge in [-0.3, -0.25) is 0 Å². The van der Waals surface area contributed by atoms with Crippen LogP contribution in [0.2, 0.25) is 10.0 Å². The lowest BCUT2D eigenvalue weighted by Crippen LogP contribution is -1.93. The molecule has 2 aromatic rings. The van der Waals surface area contributed by atoms with Gasteiger partial charge in [-0.1, -0.05) is 51.3 Å². The summed E-state index contributed by atoms with van der Waals surface area (Å²) in [5.74, 6) is 0. The van der Waals surface area contributed by atoms with Gasteiger partial charge in [-0.2, -0.15) is 0 Å². The summed E-state index contributed by atoms with van der Waals surface area (Å²) < 4.78 is 1.02. The first-order chi connectivity index (χ1) is 8.06. The second-order valence-electron chi connectivity index (χ2n) is 3.62. The van der Waals surface area contributed by atoms with E-state index in [2.05, 4.69) is 15.9 Å². The highest BCUT2D eigenvalue weighted by Gasteiger charge is 2.12. The molecule has 1 atom stereocenters. The minimum absolute atomic E-state index is 0.251. The number of rotatable bonds is 2. The number of alkyl halides is 1. The standard InChI is InChI=1S/C13H8BrCl3/c14-10-3-1-8(2-4-10)13(17)9-5-11(15)7-12(16)6-9/h1-7,13H. The summed E-state index contributed by atoms with van der Waals surface area (Å²) in [6, 6.07) is 13.2. The Hall–Kier alpha value is -0.210. The van der Waals surface area contributed by atoms with Gasteiger partial charge in [0, 0.05) is 14.5 Å². The highest BCUT2D eigenvalue weighted by molar-refractivity contribution is 9.10. The smallest absolute Gasteiger partial charge is 0.0836 e. The van der Waals surface area contributed by atoms with Crippen molar-refractivity contribution in [2.24, 2.45) is 0 Å². The molecule has 2 aromatic carbocycles. The monoisotopic (exact) mass is 348 g/mol. The molecule has 0 aliphatic rings. The summed E-state index contributed by atoms with van der Waals surface area (Å²) in [7, 11) is 0. The van der Waals surface area contributed by atoms with Crippen LogP contribution in [0.15, 0.2) is 46.9 Å². The van der Waals surface area contributed by atoms with Crippen LogP contribution in [-0.2, 0) is 0 Å². The maximum Gasteiger partial charge on any atom is 0.0836 e. The fourth-order valence-electron chi connectivity index (χ4n) is 1.55. The Morgan fingerprint density at radius 3 is 1.88 bits per heavy atom. The fraction of sp³-hybridized carbons (Fsp3) is 0.0769. The molecule has 0 aliphatic heterocycles. The Morgan fingerprint density at radius 1 is 0.824 bits per heavy atom. The molecule has 0 amide bonds. The zero-order valence-corrected chi connectivity index (χ0v) is 12.5. The zero-order valence-electron chi connectivity index (χ0n) is 8.63. The third kappa shape index (κ3) is 3.38. The molecule has 0 fully saturated rings. The van der Waals surface area contributed by atoms with Crippen LogP contribution in [0.1, 0.15) is 16.5 Å². The molecule has 0 nitrogen and oxygen atoms in total. The average Bonchev–Trinajstić information content (AvgIpc) is 2.28. The molecule has 0 spiro atoms. The Balaban J connectivity index is 2.36. The third-order valence-corrected chi connectivity index (χ3v) is 3.81. The van der Waals surface area contributed by atoms with E-state index in [0.29, 0.717) is 10.0 Å². The number of hydrogen-bond acceptors (Lipinski definition) is 0. The van der Waals surface area contributed by atoms with Crippen molar-refractivity contribution in [3.8, 4) is 0 Å². The van der Waals surface area contributed by atoms with Crippen LogP contribution in [0.25, 0.3) is 0 Å². The van der Waals surface area contributed by atoms with E-state index in [1.54, 1.807) is 6.07 Å². The van der Waals surface area contributed by atoms with Crippen molar-refractivity contribution in [3.63, 3.8) is 0 Å². The van der Waals surface area contributed by atoms with Gasteiger partial charge in [0.15, 0.2) is 0 Å². The van der Waals surface area contributed by atoms with Gasteiger partial charge in [0.05, 0.1) is 5.38 Å².